The van der Waals surface area contributed by atoms with Crippen LogP contribution in [0.1, 0.15) is 58.9 Å². The highest BCUT2D eigenvalue weighted by molar-refractivity contribution is 6.33. The van der Waals surface area contributed by atoms with Crippen molar-refractivity contribution in [3.63, 3.8) is 0 Å². The molecule has 1 saturated heterocycles. The van der Waals surface area contributed by atoms with Crippen molar-refractivity contribution >= 4 is 17.5 Å². The van der Waals surface area contributed by atoms with Gasteiger partial charge in [-0.3, -0.25) is 4.79 Å². The second-order valence-corrected chi connectivity index (χ2v) is 7.58. The van der Waals surface area contributed by atoms with Crippen LogP contribution in [0.4, 0.5) is 4.39 Å². The Morgan fingerprint density at radius 2 is 2.10 bits per heavy atom. The topological polar surface area (TPSA) is 72.4 Å². The molecule has 1 aliphatic rings. The number of amides is 1. The number of hydrogen-bond donors (Lipinski definition) is 0. The second-order valence-electron chi connectivity index (χ2n) is 7.17. The first-order chi connectivity index (χ1) is 13.9. The standard InChI is InChI=1S/C21H21ClFN3O3/c1-4-16-17(11(2)24-29-16)15-9-6-10-26(15)21(27)18-12(3)28-25-20(18)19-13(22)7-5-8-14(19)23/h5,7-8,15H,4,6,9-10H2,1-3H3/t15-/m1/s1. The fraction of sp³-hybridized carbons (Fsp3) is 0.381. The third-order valence-electron chi connectivity index (χ3n) is 5.43. The van der Waals surface area contributed by atoms with Gasteiger partial charge in [-0.2, -0.15) is 0 Å². The van der Waals surface area contributed by atoms with Crippen LogP contribution in [-0.4, -0.2) is 27.7 Å². The van der Waals surface area contributed by atoms with Gasteiger partial charge >= 0.3 is 0 Å². The number of hydrogen-bond acceptors (Lipinski definition) is 5. The number of halogens is 2. The van der Waals surface area contributed by atoms with E-state index in [-0.39, 0.29) is 33.8 Å². The number of carbonyl (C=O) groups is 1. The average molecular weight is 418 g/mol. The van der Waals surface area contributed by atoms with Crippen LogP contribution < -0.4 is 0 Å². The first kappa shape index (κ1) is 19.6. The molecule has 2 aromatic heterocycles. The van der Waals surface area contributed by atoms with E-state index < -0.39 is 5.82 Å². The lowest BCUT2D eigenvalue weighted by molar-refractivity contribution is 0.0733. The number of likely N-dealkylation sites (tertiary alicyclic amines) is 1. The molecule has 1 amide bonds. The molecule has 1 atom stereocenters. The molecule has 1 aliphatic heterocycles. The summed E-state index contributed by atoms with van der Waals surface area (Å²) < 4.78 is 25.2. The van der Waals surface area contributed by atoms with Crippen LogP contribution >= 0.6 is 11.6 Å². The normalized spacial score (nSPS) is 16.6. The molecule has 0 bridgehead atoms. The van der Waals surface area contributed by atoms with E-state index in [4.69, 9.17) is 20.6 Å². The van der Waals surface area contributed by atoms with E-state index in [9.17, 15) is 9.18 Å². The molecule has 3 heterocycles. The maximum atomic E-state index is 14.5. The Labute approximate surface area is 172 Å². The Hall–Kier alpha value is -2.67. The molecular formula is C21H21ClFN3O3. The van der Waals surface area contributed by atoms with Crippen LogP contribution in [0.3, 0.4) is 0 Å². The molecule has 29 heavy (non-hydrogen) atoms. The summed E-state index contributed by atoms with van der Waals surface area (Å²) in [5.41, 5.74) is 2.17. The van der Waals surface area contributed by atoms with Crippen LogP contribution in [0.25, 0.3) is 11.3 Å². The van der Waals surface area contributed by atoms with Crippen molar-refractivity contribution in [2.75, 3.05) is 6.54 Å². The molecule has 0 aliphatic carbocycles. The number of aromatic nitrogens is 2. The lowest BCUT2D eigenvalue weighted by Gasteiger charge is -2.25. The Kier molecular flexibility index (Phi) is 5.17. The highest BCUT2D eigenvalue weighted by atomic mass is 35.5. The number of nitrogens with zero attached hydrogens (tertiary/aromatic N) is 3. The quantitative estimate of drug-likeness (QED) is 0.577. The van der Waals surface area contributed by atoms with Gasteiger partial charge in [0.15, 0.2) is 0 Å². The summed E-state index contributed by atoms with van der Waals surface area (Å²) in [7, 11) is 0. The highest BCUT2D eigenvalue weighted by Crippen LogP contribution is 2.40. The molecule has 8 heteroatoms. The van der Waals surface area contributed by atoms with E-state index in [0.29, 0.717) is 18.7 Å². The Morgan fingerprint density at radius 3 is 2.83 bits per heavy atom. The van der Waals surface area contributed by atoms with E-state index in [1.807, 2.05) is 13.8 Å². The molecule has 4 rings (SSSR count). The van der Waals surface area contributed by atoms with Crippen molar-refractivity contribution < 1.29 is 18.2 Å². The second kappa shape index (κ2) is 7.63. The molecule has 3 aromatic rings. The van der Waals surface area contributed by atoms with Gasteiger partial charge in [-0.25, -0.2) is 4.39 Å². The molecular weight excluding hydrogens is 397 g/mol. The fourth-order valence-electron chi connectivity index (χ4n) is 4.08. The van der Waals surface area contributed by atoms with Crippen LogP contribution in [0.2, 0.25) is 5.02 Å². The largest absolute Gasteiger partial charge is 0.361 e. The molecule has 0 radical (unpaired) electrons. The molecule has 6 nitrogen and oxygen atoms in total. The van der Waals surface area contributed by atoms with Gasteiger partial charge in [0.05, 0.1) is 22.3 Å². The number of aryl methyl sites for hydroxylation is 3. The summed E-state index contributed by atoms with van der Waals surface area (Å²) >= 11 is 6.21. The lowest BCUT2D eigenvalue weighted by atomic mass is 9.99. The summed E-state index contributed by atoms with van der Waals surface area (Å²) in [6, 6.07) is 4.20. The number of rotatable bonds is 4. The van der Waals surface area contributed by atoms with Gasteiger partial charge in [0.25, 0.3) is 5.91 Å². The first-order valence-electron chi connectivity index (χ1n) is 9.60. The predicted octanol–water partition coefficient (Wildman–Crippen LogP) is 5.28. The molecule has 152 valence electrons. The monoisotopic (exact) mass is 417 g/mol. The van der Waals surface area contributed by atoms with Crippen LogP contribution in [-0.2, 0) is 6.42 Å². The van der Waals surface area contributed by atoms with E-state index in [1.165, 1.54) is 12.1 Å². The van der Waals surface area contributed by atoms with E-state index in [2.05, 4.69) is 10.3 Å². The Balaban J connectivity index is 1.78. The van der Waals surface area contributed by atoms with Gasteiger partial charge in [-0.15, -0.1) is 0 Å². The van der Waals surface area contributed by atoms with Gasteiger partial charge in [0.1, 0.15) is 28.6 Å². The van der Waals surface area contributed by atoms with Crippen LogP contribution in [0.15, 0.2) is 27.2 Å². The van der Waals surface area contributed by atoms with E-state index in [1.54, 1.807) is 17.9 Å². The van der Waals surface area contributed by atoms with Crippen molar-refractivity contribution in [3.05, 3.63) is 57.4 Å². The number of benzene rings is 1. The molecule has 0 N–H and O–H groups in total. The summed E-state index contributed by atoms with van der Waals surface area (Å²) in [6.07, 6.45) is 2.35. The lowest BCUT2D eigenvalue weighted by Crippen LogP contribution is -2.31. The fourth-order valence-corrected chi connectivity index (χ4v) is 4.33. The summed E-state index contributed by atoms with van der Waals surface area (Å²) in [4.78, 5) is 15.3. The van der Waals surface area contributed by atoms with Crippen LogP contribution in [0, 0.1) is 19.7 Å². The molecule has 1 fully saturated rings. The Bertz CT molecular complexity index is 1060. The Morgan fingerprint density at radius 1 is 1.31 bits per heavy atom. The predicted molar refractivity (Wildman–Crippen MR) is 105 cm³/mol. The SMILES string of the molecule is CCc1onc(C)c1[C@H]1CCCN1C(=O)c1c(-c2c(F)cccc2Cl)noc1C. The summed E-state index contributed by atoms with van der Waals surface area (Å²) in [6.45, 7) is 6.10. The minimum absolute atomic E-state index is 0.0699. The molecule has 0 unspecified atom stereocenters. The van der Waals surface area contributed by atoms with E-state index >= 15 is 0 Å². The maximum absolute atomic E-state index is 14.5. The minimum atomic E-state index is -0.555. The number of carbonyl (C=O) groups excluding carboxylic acids is 1. The van der Waals surface area contributed by atoms with Gasteiger partial charge in [-0.1, -0.05) is 34.9 Å². The van der Waals surface area contributed by atoms with Crippen molar-refractivity contribution in [1.82, 2.24) is 15.2 Å². The molecule has 0 spiro atoms. The zero-order valence-corrected chi connectivity index (χ0v) is 17.2. The molecule has 1 aromatic carbocycles. The van der Waals surface area contributed by atoms with Gasteiger partial charge in [-0.05, 0) is 38.8 Å². The van der Waals surface area contributed by atoms with Crippen molar-refractivity contribution in [2.45, 2.75) is 46.1 Å². The molecule has 0 saturated carbocycles. The first-order valence-corrected chi connectivity index (χ1v) is 9.98. The minimum Gasteiger partial charge on any atom is -0.361 e. The van der Waals surface area contributed by atoms with Gasteiger partial charge in [0.2, 0.25) is 0 Å². The van der Waals surface area contributed by atoms with Crippen LogP contribution in [0.5, 0.6) is 0 Å². The zero-order chi connectivity index (χ0) is 20.7. The summed E-state index contributed by atoms with van der Waals surface area (Å²) in [5, 5.41) is 8.22. The third-order valence-corrected chi connectivity index (χ3v) is 5.74. The smallest absolute Gasteiger partial charge is 0.260 e. The van der Waals surface area contributed by atoms with Gasteiger partial charge in [0, 0.05) is 18.5 Å². The maximum Gasteiger partial charge on any atom is 0.260 e. The average Bonchev–Trinajstić information content (AvgIpc) is 3.39. The van der Waals surface area contributed by atoms with Gasteiger partial charge < -0.3 is 13.9 Å². The van der Waals surface area contributed by atoms with Crippen molar-refractivity contribution in [2.24, 2.45) is 0 Å². The third kappa shape index (κ3) is 3.23. The highest BCUT2D eigenvalue weighted by Gasteiger charge is 2.37. The summed E-state index contributed by atoms with van der Waals surface area (Å²) in [5.74, 6) is 0.295. The van der Waals surface area contributed by atoms with E-state index in [0.717, 1.165) is 29.9 Å². The zero-order valence-electron chi connectivity index (χ0n) is 16.5. The van der Waals surface area contributed by atoms with Crippen molar-refractivity contribution in [3.8, 4) is 11.3 Å². The van der Waals surface area contributed by atoms with Crippen molar-refractivity contribution in [1.29, 1.82) is 0 Å².